The van der Waals surface area contributed by atoms with Crippen LogP contribution < -0.4 is 0 Å². The fourth-order valence-corrected chi connectivity index (χ4v) is 1.76. The average molecular weight is 233 g/mol. The van der Waals surface area contributed by atoms with E-state index in [1.165, 1.54) is 7.11 Å². The highest BCUT2D eigenvalue weighted by Crippen LogP contribution is 2.21. The molecule has 0 spiro atoms. The van der Waals surface area contributed by atoms with Gasteiger partial charge in [0, 0.05) is 6.20 Å². The summed E-state index contributed by atoms with van der Waals surface area (Å²) >= 11 is 0. The summed E-state index contributed by atoms with van der Waals surface area (Å²) in [5.74, 6) is 0.0487. The predicted octanol–water partition coefficient (Wildman–Crippen LogP) is 2.07. The van der Waals surface area contributed by atoms with Crippen molar-refractivity contribution in [2.45, 2.75) is 19.3 Å². The van der Waals surface area contributed by atoms with Crippen molar-refractivity contribution in [1.29, 1.82) is 0 Å². The molecule has 5 nitrogen and oxygen atoms in total. The maximum Gasteiger partial charge on any atom is 0.316 e. The molecule has 2 aromatic heterocycles. The maximum absolute atomic E-state index is 11.5. The quantitative estimate of drug-likeness (QED) is 0.794. The van der Waals surface area contributed by atoms with Crippen LogP contribution in [0.4, 0.5) is 0 Å². The van der Waals surface area contributed by atoms with Crippen molar-refractivity contribution in [2.75, 3.05) is 7.11 Å². The molecule has 0 aliphatic rings. The second-order valence-electron chi connectivity index (χ2n) is 3.75. The highest BCUT2D eigenvalue weighted by atomic mass is 16.5. The SMILES string of the molecule is CCC(C(=O)OC)c1ncc(-c2ccc[nH]2)[nH]1. The van der Waals surface area contributed by atoms with Gasteiger partial charge in [-0.3, -0.25) is 4.79 Å². The number of rotatable bonds is 4. The lowest BCUT2D eigenvalue weighted by atomic mass is 10.1. The third-order valence-electron chi connectivity index (χ3n) is 2.71. The van der Waals surface area contributed by atoms with E-state index < -0.39 is 0 Å². The van der Waals surface area contributed by atoms with Crippen LogP contribution in [-0.2, 0) is 9.53 Å². The van der Waals surface area contributed by atoms with Crippen LogP contribution in [0.1, 0.15) is 25.1 Å². The molecule has 1 unspecified atom stereocenters. The molecule has 0 bridgehead atoms. The standard InChI is InChI=1S/C12H15N3O2/c1-3-8(12(16)17-2)11-14-7-10(15-11)9-5-4-6-13-9/h4-8,13H,3H2,1-2H3,(H,14,15). The molecule has 0 radical (unpaired) electrons. The number of hydrogen-bond donors (Lipinski definition) is 2. The summed E-state index contributed by atoms with van der Waals surface area (Å²) in [5.41, 5.74) is 1.82. The summed E-state index contributed by atoms with van der Waals surface area (Å²) in [7, 11) is 1.39. The summed E-state index contributed by atoms with van der Waals surface area (Å²) in [6, 6.07) is 3.85. The van der Waals surface area contributed by atoms with Gasteiger partial charge < -0.3 is 14.7 Å². The summed E-state index contributed by atoms with van der Waals surface area (Å²) in [4.78, 5) is 22.0. The van der Waals surface area contributed by atoms with E-state index in [1.807, 2.05) is 25.3 Å². The first-order valence-electron chi connectivity index (χ1n) is 5.52. The van der Waals surface area contributed by atoms with Crippen LogP contribution in [0.5, 0.6) is 0 Å². The Morgan fingerprint density at radius 2 is 2.35 bits per heavy atom. The van der Waals surface area contributed by atoms with Crippen molar-refractivity contribution >= 4 is 5.97 Å². The van der Waals surface area contributed by atoms with Gasteiger partial charge in [0.25, 0.3) is 0 Å². The fourth-order valence-electron chi connectivity index (χ4n) is 1.76. The number of imidazole rings is 1. The van der Waals surface area contributed by atoms with Gasteiger partial charge in [-0.15, -0.1) is 0 Å². The Labute approximate surface area is 99.2 Å². The first kappa shape index (κ1) is 11.4. The summed E-state index contributed by atoms with van der Waals surface area (Å²) in [5, 5.41) is 0. The highest BCUT2D eigenvalue weighted by Gasteiger charge is 2.22. The number of ether oxygens (including phenoxy) is 1. The Balaban J connectivity index is 2.25. The molecule has 1 atom stereocenters. The molecule has 5 heteroatoms. The lowest BCUT2D eigenvalue weighted by molar-refractivity contribution is -0.142. The molecule has 2 rings (SSSR count). The molecule has 90 valence electrons. The third kappa shape index (κ3) is 2.22. The number of H-pyrrole nitrogens is 2. The molecule has 0 aromatic carbocycles. The van der Waals surface area contributed by atoms with Gasteiger partial charge in [-0.05, 0) is 18.6 Å². The Bertz CT molecular complexity index is 488. The van der Waals surface area contributed by atoms with E-state index in [4.69, 9.17) is 4.74 Å². The molecule has 0 aliphatic heterocycles. The van der Waals surface area contributed by atoms with Crippen molar-refractivity contribution in [1.82, 2.24) is 15.0 Å². The van der Waals surface area contributed by atoms with Crippen molar-refractivity contribution in [3.05, 3.63) is 30.4 Å². The van der Waals surface area contributed by atoms with Gasteiger partial charge in [0.1, 0.15) is 11.7 Å². The zero-order valence-corrected chi connectivity index (χ0v) is 9.86. The number of aromatic nitrogens is 3. The van der Waals surface area contributed by atoms with Gasteiger partial charge in [0.05, 0.1) is 24.7 Å². The van der Waals surface area contributed by atoms with Crippen LogP contribution in [0, 0.1) is 0 Å². The molecule has 0 aliphatic carbocycles. The van der Waals surface area contributed by atoms with Gasteiger partial charge in [0.2, 0.25) is 0 Å². The minimum Gasteiger partial charge on any atom is -0.468 e. The van der Waals surface area contributed by atoms with Crippen molar-refractivity contribution in [3.63, 3.8) is 0 Å². The fraction of sp³-hybridized carbons (Fsp3) is 0.333. The Morgan fingerprint density at radius 1 is 1.53 bits per heavy atom. The van der Waals surface area contributed by atoms with E-state index in [1.54, 1.807) is 6.20 Å². The number of nitrogens with one attached hydrogen (secondary N) is 2. The monoisotopic (exact) mass is 233 g/mol. The van der Waals surface area contributed by atoms with Crippen LogP contribution in [-0.4, -0.2) is 28.0 Å². The molecule has 0 saturated carbocycles. The normalized spacial score (nSPS) is 12.4. The average Bonchev–Trinajstić information content (AvgIpc) is 2.99. The van der Waals surface area contributed by atoms with E-state index in [0.717, 1.165) is 11.4 Å². The Hall–Kier alpha value is -2.04. The van der Waals surface area contributed by atoms with Gasteiger partial charge in [-0.2, -0.15) is 0 Å². The summed E-state index contributed by atoms with van der Waals surface area (Å²) in [6.07, 6.45) is 4.21. The maximum atomic E-state index is 11.5. The number of methoxy groups -OCH3 is 1. The highest BCUT2D eigenvalue weighted by molar-refractivity contribution is 5.77. The molecule has 2 aromatic rings. The lowest BCUT2D eigenvalue weighted by Crippen LogP contribution is -2.14. The predicted molar refractivity (Wildman–Crippen MR) is 63.4 cm³/mol. The number of aromatic amines is 2. The largest absolute Gasteiger partial charge is 0.468 e. The molecular formula is C12H15N3O2. The number of nitrogens with zero attached hydrogens (tertiary/aromatic N) is 1. The van der Waals surface area contributed by atoms with Crippen LogP contribution in [0.3, 0.4) is 0 Å². The Kier molecular flexibility index (Phi) is 3.27. The summed E-state index contributed by atoms with van der Waals surface area (Å²) < 4.78 is 4.75. The molecule has 2 heterocycles. The van der Waals surface area contributed by atoms with E-state index in [2.05, 4.69) is 15.0 Å². The number of carbonyl (C=O) groups excluding carboxylic acids is 1. The summed E-state index contributed by atoms with van der Waals surface area (Å²) in [6.45, 7) is 1.93. The van der Waals surface area contributed by atoms with Gasteiger partial charge in [0.15, 0.2) is 0 Å². The number of carbonyl (C=O) groups is 1. The van der Waals surface area contributed by atoms with E-state index in [0.29, 0.717) is 12.2 Å². The minimum absolute atomic E-state index is 0.264. The van der Waals surface area contributed by atoms with Crippen molar-refractivity contribution in [3.8, 4) is 11.4 Å². The Morgan fingerprint density at radius 3 is 2.94 bits per heavy atom. The van der Waals surface area contributed by atoms with Crippen molar-refractivity contribution < 1.29 is 9.53 Å². The van der Waals surface area contributed by atoms with Gasteiger partial charge >= 0.3 is 5.97 Å². The molecule has 0 fully saturated rings. The second-order valence-corrected chi connectivity index (χ2v) is 3.75. The molecule has 2 N–H and O–H groups in total. The number of esters is 1. The van der Waals surface area contributed by atoms with E-state index >= 15 is 0 Å². The van der Waals surface area contributed by atoms with Crippen molar-refractivity contribution in [2.24, 2.45) is 0 Å². The minimum atomic E-state index is -0.330. The lowest BCUT2D eigenvalue weighted by Gasteiger charge is -2.08. The smallest absolute Gasteiger partial charge is 0.316 e. The zero-order chi connectivity index (χ0) is 12.3. The first-order valence-corrected chi connectivity index (χ1v) is 5.52. The number of hydrogen-bond acceptors (Lipinski definition) is 3. The zero-order valence-electron chi connectivity index (χ0n) is 9.86. The van der Waals surface area contributed by atoms with Crippen LogP contribution in [0.15, 0.2) is 24.5 Å². The second kappa shape index (κ2) is 4.86. The molecule has 17 heavy (non-hydrogen) atoms. The van der Waals surface area contributed by atoms with Crippen LogP contribution in [0.25, 0.3) is 11.4 Å². The first-order chi connectivity index (χ1) is 8.26. The van der Waals surface area contributed by atoms with Crippen LogP contribution >= 0.6 is 0 Å². The third-order valence-corrected chi connectivity index (χ3v) is 2.71. The topological polar surface area (TPSA) is 70.8 Å². The van der Waals surface area contributed by atoms with Gasteiger partial charge in [-0.25, -0.2) is 4.98 Å². The van der Waals surface area contributed by atoms with Gasteiger partial charge in [-0.1, -0.05) is 6.92 Å². The molecule has 0 amide bonds. The van der Waals surface area contributed by atoms with E-state index in [9.17, 15) is 4.79 Å². The van der Waals surface area contributed by atoms with E-state index in [-0.39, 0.29) is 11.9 Å². The van der Waals surface area contributed by atoms with Crippen LogP contribution in [0.2, 0.25) is 0 Å². The molecule has 0 saturated heterocycles. The molecular weight excluding hydrogens is 218 g/mol.